The Morgan fingerprint density at radius 1 is 1.29 bits per heavy atom. The van der Waals surface area contributed by atoms with E-state index in [0.717, 1.165) is 25.0 Å². The van der Waals surface area contributed by atoms with Crippen LogP contribution in [0.1, 0.15) is 42.7 Å². The number of benzene rings is 1. The zero-order chi connectivity index (χ0) is 14.2. The van der Waals surface area contributed by atoms with Gasteiger partial charge in [0, 0.05) is 18.4 Å². The van der Waals surface area contributed by atoms with Gasteiger partial charge in [0.2, 0.25) is 0 Å². The Hall–Kier alpha value is -1.81. The van der Waals surface area contributed by atoms with E-state index >= 15 is 0 Å². The summed E-state index contributed by atoms with van der Waals surface area (Å²) in [6.45, 7) is 2.19. The highest BCUT2D eigenvalue weighted by atomic mass is 32.1. The molecule has 4 rings (SSSR count). The van der Waals surface area contributed by atoms with Crippen LogP contribution in [0.25, 0.3) is 0 Å². The van der Waals surface area contributed by atoms with Gasteiger partial charge >= 0.3 is 0 Å². The Kier molecular flexibility index (Phi) is 3.19. The number of rotatable bonds is 3. The molecule has 0 saturated heterocycles. The molecule has 2 aliphatic rings. The monoisotopic (exact) mass is 298 g/mol. The van der Waals surface area contributed by atoms with E-state index in [1.54, 1.807) is 11.3 Å². The zero-order valence-corrected chi connectivity index (χ0v) is 12.8. The van der Waals surface area contributed by atoms with Crippen LogP contribution in [0.15, 0.2) is 46.9 Å². The summed E-state index contributed by atoms with van der Waals surface area (Å²) in [6.07, 6.45) is 3.14. The average Bonchev–Trinajstić information content (AvgIpc) is 3.17. The average molecular weight is 298 g/mol. The lowest BCUT2D eigenvalue weighted by Gasteiger charge is -2.38. The lowest BCUT2D eigenvalue weighted by Crippen LogP contribution is -2.40. The van der Waals surface area contributed by atoms with Crippen molar-refractivity contribution >= 4 is 17.0 Å². The van der Waals surface area contributed by atoms with Crippen molar-refractivity contribution in [2.24, 2.45) is 5.10 Å². The normalized spacial score (nSPS) is 23.3. The third-order valence-corrected chi connectivity index (χ3v) is 5.04. The highest BCUT2D eigenvalue weighted by Gasteiger charge is 2.39. The summed E-state index contributed by atoms with van der Waals surface area (Å²) in [5, 5.41) is 9.18. The van der Waals surface area contributed by atoms with E-state index in [9.17, 15) is 0 Å². The van der Waals surface area contributed by atoms with E-state index in [2.05, 4.69) is 47.6 Å². The third kappa shape index (κ3) is 2.14. The Morgan fingerprint density at radius 2 is 2.19 bits per heavy atom. The number of hydrazone groups is 1. The molecule has 3 heterocycles. The Labute approximate surface area is 128 Å². The molecule has 21 heavy (non-hydrogen) atoms. The van der Waals surface area contributed by atoms with Gasteiger partial charge in [0.25, 0.3) is 0 Å². The molecule has 2 aliphatic heterocycles. The van der Waals surface area contributed by atoms with Gasteiger partial charge in [0.1, 0.15) is 5.75 Å². The second-order valence-electron chi connectivity index (χ2n) is 5.52. The molecule has 2 atom stereocenters. The van der Waals surface area contributed by atoms with Gasteiger partial charge < -0.3 is 4.74 Å². The van der Waals surface area contributed by atoms with E-state index in [4.69, 9.17) is 9.84 Å². The van der Waals surface area contributed by atoms with Crippen LogP contribution < -0.4 is 4.74 Å². The van der Waals surface area contributed by atoms with Crippen molar-refractivity contribution in [3.63, 3.8) is 0 Å². The number of para-hydroxylation sites is 1. The summed E-state index contributed by atoms with van der Waals surface area (Å²) in [4.78, 5) is 1.28. The number of hydrogen-bond acceptors (Lipinski definition) is 4. The first-order chi connectivity index (χ1) is 10.4. The fraction of sp³-hybridized carbons (Fsp3) is 0.353. The standard InChI is InChI=1S/C17H18N2OS/c1-2-6-17-19-14(12-7-3-4-8-15(12)20-17)11-13(18-19)16-9-5-10-21-16/h3-5,7-10,14,17H,2,6,11H2,1H3. The highest BCUT2D eigenvalue weighted by molar-refractivity contribution is 7.12. The number of fused-ring (bicyclic) bond motifs is 3. The van der Waals surface area contributed by atoms with Crippen LogP contribution in [0.5, 0.6) is 5.75 Å². The molecule has 0 aliphatic carbocycles. The van der Waals surface area contributed by atoms with Crippen molar-refractivity contribution in [2.45, 2.75) is 38.5 Å². The number of hydrogen-bond donors (Lipinski definition) is 0. The molecule has 2 aromatic rings. The topological polar surface area (TPSA) is 24.8 Å². The third-order valence-electron chi connectivity index (χ3n) is 4.12. The van der Waals surface area contributed by atoms with Crippen LogP contribution >= 0.6 is 11.3 Å². The fourth-order valence-corrected chi connectivity index (χ4v) is 3.86. The van der Waals surface area contributed by atoms with Crippen LogP contribution in [-0.4, -0.2) is 16.9 Å². The minimum atomic E-state index is 0.0624. The Bertz CT molecular complexity index is 665. The number of nitrogens with zero attached hydrogens (tertiary/aromatic N) is 2. The highest BCUT2D eigenvalue weighted by Crippen LogP contribution is 2.43. The van der Waals surface area contributed by atoms with Crippen molar-refractivity contribution in [3.8, 4) is 5.75 Å². The minimum absolute atomic E-state index is 0.0624. The molecule has 0 fully saturated rings. The number of thiophene rings is 1. The van der Waals surface area contributed by atoms with E-state index in [0.29, 0.717) is 6.04 Å². The van der Waals surface area contributed by atoms with Gasteiger partial charge in [-0.1, -0.05) is 37.6 Å². The van der Waals surface area contributed by atoms with Gasteiger partial charge in [-0.15, -0.1) is 11.3 Å². The van der Waals surface area contributed by atoms with Crippen LogP contribution in [-0.2, 0) is 0 Å². The molecular formula is C17H18N2OS. The van der Waals surface area contributed by atoms with Gasteiger partial charge in [-0.05, 0) is 17.5 Å². The smallest absolute Gasteiger partial charge is 0.187 e. The summed E-state index contributed by atoms with van der Waals surface area (Å²) in [5.41, 5.74) is 2.46. The molecule has 0 bridgehead atoms. The van der Waals surface area contributed by atoms with Gasteiger partial charge in [-0.25, -0.2) is 0 Å². The molecule has 1 aromatic heterocycles. The predicted octanol–water partition coefficient (Wildman–Crippen LogP) is 4.42. The summed E-state index contributed by atoms with van der Waals surface area (Å²) in [6, 6.07) is 13.0. The molecule has 0 amide bonds. The van der Waals surface area contributed by atoms with Gasteiger partial charge in [-0.2, -0.15) is 5.10 Å². The van der Waals surface area contributed by atoms with Crippen molar-refractivity contribution in [1.82, 2.24) is 5.01 Å². The van der Waals surface area contributed by atoms with Crippen LogP contribution in [0, 0.1) is 0 Å². The van der Waals surface area contributed by atoms with E-state index in [1.165, 1.54) is 16.2 Å². The second kappa shape index (κ2) is 5.19. The summed E-state index contributed by atoms with van der Waals surface area (Å²) in [7, 11) is 0. The quantitative estimate of drug-likeness (QED) is 0.838. The lowest BCUT2D eigenvalue weighted by molar-refractivity contribution is -0.0223. The predicted molar refractivity (Wildman–Crippen MR) is 85.8 cm³/mol. The molecule has 0 spiro atoms. The summed E-state index contributed by atoms with van der Waals surface area (Å²) >= 11 is 1.76. The second-order valence-corrected chi connectivity index (χ2v) is 6.47. The minimum Gasteiger partial charge on any atom is -0.469 e. The van der Waals surface area contributed by atoms with Crippen molar-refractivity contribution in [2.75, 3.05) is 0 Å². The molecule has 2 unspecified atom stereocenters. The van der Waals surface area contributed by atoms with Crippen LogP contribution in [0.3, 0.4) is 0 Å². The molecule has 0 saturated carbocycles. The Balaban J connectivity index is 1.73. The van der Waals surface area contributed by atoms with Gasteiger partial charge in [-0.3, -0.25) is 5.01 Å². The first-order valence-electron chi connectivity index (χ1n) is 7.52. The van der Waals surface area contributed by atoms with Crippen LogP contribution in [0.2, 0.25) is 0 Å². The molecular weight excluding hydrogens is 280 g/mol. The maximum Gasteiger partial charge on any atom is 0.187 e. The maximum atomic E-state index is 6.17. The molecule has 0 radical (unpaired) electrons. The summed E-state index contributed by atoms with van der Waals surface area (Å²) < 4.78 is 6.17. The van der Waals surface area contributed by atoms with Crippen molar-refractivity contribution in [3.05, 3.63) is 52.2 Å². The fourth-order valence-electron chi connectivity index (χ4n) is 3.14. The van der Waals surface area contributed by atoms with Gasteiger partial charge in [0.15, 0.2) is 6.23 Å². The van der Waals surface area contributed by atoms with E-state index in [-0.39, 0.29) is 6.23 Å². The van der Waals surface area contributed by atoms with E-state index in [1.807, 2.05) is 6.07 Å². The molecule has 3 nitrogen and oxygen atoms in total. The van der Waals surface area contributed by atoms with Crippen molar-refractivity contribution < 1.29 is 4.74 Å². The first-order valence-corrected chi connectivity index (χ1v) is 8.40. The molecule has 4 heteroatoms. The molecule has 108 valence electrons. The SMILES string of the molecule is CCCC1Oc2ccccc2C2CC(c3cccs3)=NN12. The Morgan fingerprint density at radius 3 is 3.00 bits per heavy atom. The van der Waals surface area contributed by atoms with Gasteiger partial charge in [0.05, 0.1) is 16.6 Å². The molecule has 1 aromatic carbocycles. The maximum absolute atomic E-state index is 6.17. The largest absolute Gasteiger partial charge is 0.469 e. The van der Waals surface area contributed by atoms with Crippen molar-refractivity contribution in [1.29, 1.82) is 0 Å². The zero-order valence-electron chi connectivity index (χ0n) is 12.0. The lowest BCUT2D eigenvalue weighted by atomic mass is 9.98. The van der Waals surface area contributed by atoms with E-state index < -0.39 is 0 Å². The summed E-state index contributed by atoms with van der Waals surface area (Å²) in [5.74, 6) is 1.03. The number of ether oxygens (including phenoxy) is 1. The van der Waals surface area contributed by atoms with Crippen LogP contribution in [0.4, 0.5) is 0 Å². The first kappa shape index (κ1) is 12.9. The molecule has 0 N–H and O–H groups in total.